The number of aryl methyl sites for hydroxylation is 2. The van der Waals surface area contributed by atoms with Gasteiger partial charge in [-0.25, -0.2) is 0 Å². The van der Waals surface area contributed by atoms with Crippen LogP contribution >= 0.6 is 0 Å². The number of benzene rings is 2. The van der Waals surface area contributed by atoms with Crippen molar-refractivity contribution in [2.75, 3.05) is 17.7 Å². The first-order valence-corrected chi connectivity index (χ1v) is 8.18. The highest BCUT2D eigenvalue weighted by atomic mass is 16.5. The number of carbonyl (C=O) groups excluding carboxylic acids is 1. The van der Waals surface area contributed by atoms with E-state index in [1.807, 2.05) is 56.3 Å². The molecule has 2 aromatic carbocycles. The molecule has 0 bridgehead atoms. The highest BCUT2D eigenvalue weighted by molar-refractivity contribution is 6.03. The quantitative estimate of drug-likeness (QED) is 0.726. The van der Waals surface area contributed by atoms with E-state index < -0.39 is 0 Å². The van der Waals surface area contributed by atoms with Crippen molar-refractivity contribution in [2.24, 2.45) is 0 Å². The molecule has 0 atom stereocenters. The second-order valence-electron chi connectivity index (χ2n) is 5.95. The third kappa shape index (κ3) is 4.16. The molecular weight excluding hydrogens is 328 g/mol. The minimum absolute atomic E-state index is 0.225. The van der Waals surface area contributed by atoms with Crippen molar-refractivity contribution < 1.29 is 9.53 Å². The van der Waals surface area contributed by atoms with Crippen LogP contribution in [-0.2, 0) is 0 Å². The largest absolute Gasteiger partial charge is 0.495 e. The minimum atomic E-state index is -0.344. The molecule has 26 heavy (non-hydrogen) atoms. The fourth-order valence-electron chi connectivity index (χ4n) is 2.41. The fraction of sp³-hybridized carbons (Fsp3) is 0.150. The molecule has 2 N–H and O–H groups in total. The summed E-state index contributed by atoms with van der Waals surface area (Å²) in [4.78, 5) is 12.4. The normalized spacial score (nSPS) is 10.3. The summed E-state index contributed by atoms with van der Waals surface area (Å²) in [6.07, 6.45) is 0. The van der Waals surface area contributed by atoms with Gasteiger partial charge in [0.15, 0.2) is 11.5 Å². The molecule has 0 radical (unpaired) electrons. The van der Waals surface area contributed by atoms with Gasteiger partial charge in [-0.2, -0.15) is 0 Å². The molecule has 132 valence electrons. The van der Waals surface area contributed by atoms with E-state index in [-0.39, 0.29) is 11.6 Å². The number of carbonyl (C=O) groups is 1. The van der Waals surface area contributed by atoms with Crippen LogP contribution in [0.15, 0.2) is 54.6 Å². The number of nitrogens with one attached hydrogen (secondary N) is 2. The molecule has 3 aromatic rings. The predicted octanol–water partition coefficient (Wildman–Crippen LogP) is 4.10. The van der Waals surface area contributed by atoms with Crippen LogP contribution in [0.2, 0.25) is 0 Å². The first-order valence-electron chi connectivity index (χ1n) is 8.18. The van der Waals surface area contributed by atoms with E-state index in [0.717, 1.165) is 11.3 Å². The van der Waals surface area contributed by atoms with Crippen LogP contribution in [-0.4, -0.2) is 23.2 Å². The van der Waals surface area contributed by atoms with Crippen LogP contribution in [0.3, 0.4) is 0 Å². The molecule has 0 aliphatic heterocycles. The van der Waals surface area contributed by atoms with Crippen molar-refractivity contribution in [1.29, 1.82) is 0 Å². The van der Waals surface area contributed by atoms with Crippen LogP contribution < -0.4 is 15.4 Å². The monoisotopic (exact) mass is 348 g/mol. The third-order valence-corrected chi connectivity index (χ3v) is 3.82. The van der Waals surface area contributed by atoms with E-state index in [2.05, 4.69) is 20.8 Å². The van der Waals surface area contributed by atoms with Crippen LogP contribution in [0.4, 0.5) is 17.2 Å². The number of anilines is 3. The van der Waals surface area contributed by atoms with E-state index in [9.17, 15) is 4.79 Å². The number of aromatic nitrogens is 2. The smallest absolute Gasteiger partial charge is 0.276 e. The molecule has 0 fully saturated rings. The lowest BCUT2D eigenvalue weighted by atomic mass is 10.2. The molecule has 1 heterocycles. The number of hydrogen-bond acceptors (Lipinski definition) is 5. The van der Waals surface area contributed by atoms with Gasteiger partial charge in [0.1, 0.15) is 5.75 Å². The number of rotatable bonds is 5. The van der Waals surface area contributed by atoms with Gasteiger partial charge < -0.3 is 15.4 Å². The Hall–Kier alpha value is -3.41. The average molecular weight is 348 g/mol. The lowest BCUT2D eigenvalue weighted by molar-refractivity contribution is 0.102. The van der Waals surface area contributed by atoms with Crippen LogP contribution in [0.5, 0.6) is 5.75 Å². The molecule has 6 nitrogen and oxygen atoms in total. The lowest BCUT2D eigenvalue weighted by Crippen LogP contribution is -2.15. The van der Waals surface area contributed by atoms with Gasteiger partial charge in [-0.15, -0.1) is 10.2 Å². The molecule has 0 unspecified atom stereocenters. The first-order chi connectivity index (χ1) is 12.5. The van der Waals surface area contributed by atoms with Gasteiger partial charge in [-0.3, -0.25) is 4.79 Å². The lowest BCUT2D eigenvalue weighted by Gasteiger charge is -2.11. The summed E-state index contributed by atoms with van der Waals surface area (Å²) in [5.74, 6) is 0.816. The van der Waals surface area contributed by atoms with Crippen LogP contribution in [0, 0.1) is 13.8 Å². The number of methoxy groups -OCH3 is 1. The Balaban J connectivity index is 1.71. The molecule has 0 saturated heterocycles. The second-order valence-corrected chi connectivity index (χ2v) is 5.95. The van der Waals surface area contributed by atoms with Gasteiger partial charge in [-0.1, -0.05) is 23.8 Å². The Kier molecular flexibility index (Phi) is 5.12. The number of amides is 1. The van der Waals surface area contributed by atoms with Crippen LogP contribution in [0.1, 0.15) is 21.6 Å². The summed E-state index contributed by atoms with van der Waals surface area (Å²) in [7, 11) is 1.56. The molecule has 1 amide bonds. The molecule has 0 aliphatic rings. The van der Waals surface area contributed by atoms with Crippen LogP contribution in [0.25, 0.3) is 0 Å². The molecule has 0 saturated carbocycles. The van der Waals surface area contributed by atoms with Crippen molar-refractivity contribution in [3.8, 4) is 5.75 Å². The maximum Gasteiger partial charge on any atom is 0.276 e. The zero-order valence-corrected chi connectivity index (χ0v) is 14.9. The van der Waals surface area contributed by atoms with Crippen molar-refractivity contribution in [1.82, 2.24) is 10.2 Å². The van der Waals surface area contributed by atoms with Crippen molar-refractivity contribution in [3.05, 3.63) is 71.4 Å². The topological polar surface area (TPSA) is 76.1 Å². The number of hydrogen-bond donors (Lipinski definition) is 2. The molecule has 6 heteroatoms. The summed E-state index contributed by atoms with van der Waals surface area (Å²) < 4.78 is 5.27. The highest BCUT2D eigenvalue weighted by Crippen LogP contribution is 2.25. The summed E-state index contributed by atoms with van der Waals surface area (Å²) in [6, 6.07) is 16.8. The van der Waals surface area contributed by atoms with E-state index in [0.29, 0.717) is 17.3 Å². The SMILES string of the molecule is COc1ccc(C)cc1NC(=O)c1ccc(Nc2ccc(C)cc2)nn1. The Morgan fingerprint density at radius 3 is 2.31 bits per heavy atom. The van der Waals surface area contributed by atoms with Gasteiger partial charge in [0.2, 0.25) is 0 Å². The molecule has 0 spiro atoms. The third-order valence-electron chi connectivity index (χ3n) is 3.82. The van der Waals surface area contributed by atoms with E-state index in [1.54, 1.807) is 19.2 Å². The zero-order chi connectivity index (χ0) is 18.5. The van der Waals surface area contributed by atoms with Gasteiger partial charge in [0.25, 0.3) is 5.91 Å². The zero-order valence-electron chi connectivity index (χ0n) is 14.9. The highest BCUT2D eigenvalue weighted by Gasteiger charge is 2.12. The van der Waals surface area contributed by atoms with Gasteiger partial charge >= 0.3 is 0 Å². The van der Waals surface area contributed by atoms with Crippen molar-refractivity contribution >= 4 is 23.1 Å². The maximum atomic E-state index is 12.4. The van der Waals surface area contributed by atoms with Gasteiger partial charge in [0.05, 0.1) is 12.8 Å². The Morgan fingerprint density at radius 2 is 1.65 bits per heavy atom. The number of ether oxygens (including phenoxy) is 1. The maximum absolute atomic E-state index is 12.4. The van der Waals surface area contributed by atoms with Gasteiger partial charge in [0, 0.05) is 5.69 Å². The average Bonchev–Trinajstić information content (AvgIpc) is 2.64. The Bertz CT molecular complexity index is 906. The van der Waals surface area contributed by atoms with Crippen molar-refractivity contribution in [2.45, 2.75) is 13.8 Å². The molecule has 3 rings (SSSR count). The fourth-order valence-corrected chi connectivity index (χ4v) is 2.41. The number of nitrogens with zero attached hydrogens (tertiary/aromatic N) is 2. The minimum Gasteiger partial charge on any atom is -0.495 e. The summed E-state index contributed by atoms with van der Waals surface area (Å²) in [5.41, 5.74) is 3.93. The summed E-state index contributed by atoms with van der Waals surface area (Å²) >= 11 is 0. The summed E-state index contributed by atoms with van der Waals surface area (Å²) in [5, 5.41) is 14.0. The van der Waals surface area contributed by atoms with E-state index >= 15 is 0 Å². The summed E-state index contributed by atoms with van der Waals surface area (Å²) in [6.45, 7) is 3.97. The molecule has 1 aromatic heterocycles. The van der Waals surface area contributed by atoms with E-state index in [4.69, 9.17) is 4.74 Å². The Labute approximate surface area is 152 Å². The van der Waals surface area contributed by atoms with Crippen molar-refractivity contribution in [3.63, 3.8) is 0 Å². The Morgan fingerprint density at radius 1 is 0.923 bits per heavy atom. The molecular formula is C20H20N4O2. The van der Waals surface area contributed by atoms with E-state index in [1.165, 1.54) is 5.56 Å². The first kappa shape index (κ1) is 17.4. The second kappa shape index (κ2) is 7.65. The standard InChI is InChI=1S/C20H20N4O2/c1-13-4-7-15(8-5-13)21-19-11-9-16(23-24-19)20(25)22-17-12-14(2)6-10-18(17)26-3/h4-12H,1-3H3,(H,21,24)(H,22,25). The molecule has 0 aliphatic carbocycles. The van der Waals surface area contributed by atoms with Gasteiger partial charge in [-0.05, 0) is 55.8 Å². The predicted molar refractivity (Wildman–Crippen MR) is 102 cm³/mol.